The Bertz CT molecular complexity index is 1500. The van der Waals surface area contributed by atoms with Gasteiger partial charge in [-0.3, -0.25) is 9.52 Å². The van der Waals surface area contributed by atoms with Crippen molar-refractivity contribution < 1.29 is 13.2 Å². The van der Waals surface area contributed by atoms with Gasteiger partial charge in [0.25, 0.3) is 10.0 Å². The lowest BCUT2D eigenvalue weighted by molar-refractivity contribution is -0.113. The summed E-state index contributed by atoms with van der Waals surface area (Å²) in [5.41, 5.74) is 7.91. The summed E-state index contributed by atoms with van der Waals surface area (Å²) in [4.78, 5) is 12.9. The molecule has 0 unspecified atom stereocenters. The van der Waals surface area contributed by atoms with Crippen molar-refractivity contribution in [2.75, 3.05) is 15.8 Å². The summed E-state index contributed by atoms with van der Waals surface area (Å²) in [6.45, 7) is 3.83. The van der Waals surface area contributed by atoms with E-state index >= 15 is 0 Å². The van der Waals surface area contributed by atoms with E-state index in [2.05, 4.69) is 34.3 Å². The Morgan fingerprint density at radius 3 is 2.06 bits per heavy atom. The fourth-order valence-corrected chi connectivity index (χ4v) is 6.79. The molecular weight excluding hydrogens is 488 g/mol. The predicted octanol–water partition coefficient (Wildman–Crippen LogP) is 6.55. The Morgan fingerprint density at radius 2 is 1.44 bits per heavy atom. The van der Waals surface area contributed by atoms with E-state index in [9.17, 15) is 13.2 Å². The first-order valence-electron chi connectivity index (χ1n) is 11.6. The van der Waals surface area contributed by atoms with E-state index < -0.39 is 10.0 Å². The van der Waals surface area contributed by atoms with E-state index in [0.717, 1.165) is 11.1 Å². The van der Waals surface area contributed by atoms with Crippen molar-refractivity contribution in [3.63, 3.8) is 0 Å². The SMILES string of the molecule is Cc1ccc(NS(=O)(=O)c2ccc(NC(=O)CSC3c4ccccc4-c4ccccc43)cc2)c(C)c1. The second-order valence-corrected chi connectivity index (χ2v) is 11.6. The first kappa shape index (κ1) is 24.2. The van der Waals surface area contributed by atoms with Crippen molar-refractivity contribution in [3.8, 4) is 11.1 Å². The van der Waals surface area contributed by atoms with Crippen molar-refractivity contribution >= 4 is 39.1 Å². The smallest absolute Gasteiger partial charge is 0.261 e. The molecule has 1 amide bonds. The molecule has 0 saturated carbocycles. The quantitative estimate of drug-likeness (QED) is 0.293. The monoisotopic (exact) mass is 514 g/mol. The standard InChI is InChI=1S/C29H26N2O3S2/c1-19-11-16-27(20(2)17-19)31-36(33,34)22-14-12-21(13-15-22)30-28(32)18-35-29-25-9-5-3-7-23(25)24-8-4-6-10-26(24)29/h3-17,29,31H,18H2,1-2H3,(H,30,32). The average Bonchev–Trinajstić information content (AvgIpc) is 3.18. The third-order valence-corrected chi connectivity index (χ3v) is 8.88. The molecule has 0 heterocycles. The molecule has 1 aliphatic carbocycles. The van der Waals surface area contributed by atoms with Gasteiger partial charge in [-0.05, 0) is 72.0 Å². The number of anilines is 2. The van der Waals surface area contributed by atoms with Crippen LogP contribution in [0.5, 0.6) is 0 Å². The highest BCUT2D eigenvalue weighted by molar-refractivity contribution is 8.00. The van der Waals surface area contributed by atoms with Gasteiger partial charge in [-0.2, -0.15) is 0 Å². The van der Waals surface area contributed by atoms with Gasteiger partial charge in [0, 0.05) is 5.69 Å². The van der Waals surface area contributed by atoms with Crippen LogP contribution in [-0.2, 0) is 14.8 Å². The van der Waals surface area contributed by atoms with E-state index in [4.69, 9.17) is 0 Å². The molecule has 36 heavy (non-hydrogen) atoms. The second-order valence-electron chi connectivity index (χ2n) is 8.86. The first-order valence-corrected chi connectivity index (χ1v) is 14.1. The summed E-state index contributed by atoms with van der Waals surface area (Å²) >= 11 is 1.59. The van der Waals surface area contributed by atoms with Crippen molar-refractivity contribution in [3.05, 3.63) is 113 Å². The maximum absolute atomic E-state index is 12.8. The van der Waals surface area contributed by atoms with Gasteiger partial charge in [0.05, 0.1) is 21.6 Å². The largest absolute Gasteiger partial charge is 0.325 e. The Morgan fingerprint density at radius 1 is 0.833 bits per heavy atom. The third-order valence-electron chi connectivity index (χ3n) is 6.23. The summed E-state index contributed by atoms with van der Waals surface area (Å²) < 4.78 is 28.3. The number of fused-ring (bicyclic) bond motifs is 3. The fraction of sp³-hybridized carbons (Fsp3) is 0.138. The molecule has 0 fully saturated rings. The lowest BCUT2D eigenvalue weighted by atomic mass is 10.1. The molecule has 0 bridgehead atoms. The molecule has 2 N–H and O–H groups in total. The van der Waals surface area contributed by atoms with Gasteiger partial charge in [-0.25, -0.2) is 8.42 Å². The van der Waals surface area contributed by atoms with Crippen LogP contribution < -0.4 is 10.0 Å². The van der Waals surface area contributed by atoms with Crippen molar-refractivity contribution in [1.29, 1.82) is 0 Å². The number of carbonyl (C=O) groups excluding carboxylic acids is 1. The second kappa shape index (κ2) is 9.84. The number of aryl methyl sites for hydroxylation is 2. The highest BCUT2D eigenvalue weighted by atomic mass is 32.2. The molecule has 0 spiro atoms. The van der Waals surface area contributed by atoms with Gasteiger partial charge in [0.2, 0.25) is 5.91 Å². The van der Waals surface area contributed by atoms with Crippen LogP contribution in [0.1, 0.15) is 27.5 Å². The lowest BCUT2D eigenvalue weighted by Gasteiger charge is -2.14. The van der Waals surface area contributed by atoms with E-state index in [1.807, 2.05) is 50.2 Å². The number of thioether (sulfide) groups is 1. The summed E-state index contributed by atoms with van der Waals surface area (Å²) in [6.07, 6.45) is 0. The van der Waals surface area contributed by atoms with Gasteiger partial charge in [0.1, 0.15) is 0 Å². The van der Waals surface area contributed by atoms with Crippen molar-refractivity contribution in [1.82, 2.24) is 0 Å². The van der Waals surface area contributed by atoms with Gasteiger partial charge >= 0.3 is 0 Å². The van der Waals surface area contributed by atoms with Crippen LogP contribution in [0.2, 0.25) is 0 Å². The molecule has 0 saturated heterocycles. The Labute approximate surface area is 216 Å². The van der Waals surface area contributed by atoms with Crippen LogP contribution in [0, 0.1) is 13.8 Å². The number of carbonyl (C=O) groups is 1. The van der Waals surface area contributed by atoms with Crippen LogP contribution in [-0.4, -0.2) is 20.1 Å². The molecule has 4 aromatic rings. The number of nitrogens with one attached hydrogen (secondary N) is 2. The fourth-order valence-electron chi connectivity index (χ4n) is 4.49. The summed E-state index contributed by atoms with van der Waals surface area (Å²) in [6, 6.07) is 28.4. The Kier molecular flexibility index (Phi) is 6.60. The highest BCUT2D eigenvalue weighted by Gasteiger charge is 2.28. The number of hydrogen-bond donors (Lipinski definition) is 2. The van der Waals surface area contributed by atoms with Crippen LogP contribution in [0.4, 0.5) is 11.4 Å². The highest BCUT2D eigenvalue weighted by Crippen LogP contribution is 2.49. The van der Waals surface area contributed by atoms with E-state index in [-0.39, 0.29) is 21.8 Å². The molecule has 5 rings (SSSR count). The number of benzene rings is 4. The molecule has 0 aliphatic heterocycles. The van der Waals surface area contributed by atoms with E-state index in [1.54, 1.807) is 30.0 Å². The molecule has 0 atom stereocenters. The summed E-state index contributed by atoms with van der Waals surface area (Å²) in [7, 11) is -3.74. The van der Waals surface area contributed by atoms with Crippen molar-refractivity contribution in [2.45, 2.75) is 24.0 Å². The zero-order valence-electron chi connectivity index (χ0n) is 20.0. The third kappa shape index (κ3) is 4.90. The molecule has 182 valence electrons. The maximum atomic E-state index is 12.8. The van der Waals surface area contributed by atoms with Gasteiger partial charge in [-0.15, -0.1) is 11.8 Å². The van der Waals surface area contributed by atoms with Crippen LogP contribution in [0.3, 0.4) is 0 Å². The first-order chi connectivity index (χ1) is 17.3. The average molecular weight is 515 g/mol. The predicted molar refractivity (Wildman–Crippen MR) is 148 cm³/mol. The van der Waals surface area contributed by atoms with Crippen molar-refractivity contribution in [2.24, 2.45) is 0 Å². The topological polar surface area (TPSA) is 75.3 Å². The van der Waals surface area contributed by atoms with Crippen LogP contribution in [0.25, 0.3) is 11.1 Å². The molecule has 1 aliphatic rings. The summed E-state index contributed by atoms with van der Waals surface area (Å²) in [5.74, 6) is 0.146. The van der Waals surface area contributed by atoms with Gasteiger partial charge in [0.15, 0.2) is 0 Å². The van der Waals surface area contributed by atoms with Crippen LogP contribution >= 0.6 is 11.8 Å². The number of hydrogen-bond acceptors (Lipinski definition) is 4. The minimum atomic E-state index is -3.74. The van der Waals surface area contributed by atoms with Gasteiger partial charge in [-0.1, -0.05) is 66.2 Å². The Balaban J connectivity index is 1.23. The van der Waals surface area contributed by atoms with E-state index in [0.29, 0.717) is 11.4 Å². The normalized spacial score (nSPS) is 12.6. The zero-order valence-corrected chi connectivity index (χ0v) is 21.6. The molecular formula is C29H26N2O3S2. The minimum Gasteiger partial charge on any atom is -0.325 e. The molecule has 7 heteroatoms. The molecule has 0 aromatic heterocycles. The lowest BCUT2D eigenvalue weighted by Crippen LogP contribution is -2.16. The minimum absolute atomic E-state index is 0.104. The Hall–Kier alpha value is -3.55. The zero-order chi connectivity index (χ0) is 25.3. The number of rotatable bonds is 7. The summed E-state index contributed by atoms with van der Waals surface area (Å²) in [5, 5.41) is 2.99. The molecule has 4 aromatic carbocycles. The maximum Gasteiger partial charge on any atom is 0.261 e. The number of amides is 1. The van der Waals surface area contributed by atoms with E-state index in [1.165, 1.54) is 34.4 Å². The number of sulfonamides is 1. The van der Waals surface area contributed by atoms with Crippen LogP contribution in [0.15, 0.2) is 95.9 Å². The van der Waals surface area contributed by atoms with Gasteiger partial charge < -0.3 is 5.32 Å². The molecule has 5 nitrogen and oxygen atoms in total. The molecule has 0 radical (unpaired) electrons.